The Morgan fingerprint density at radius 1 is 0.254 bits per heavy atom. The molecule has 0 spiro atoms. The van der Waals surface area contributed by atoms with Gasteiger partial charge in [-0.2, -0.15) is 30.0 Å². The number of aliphatic imine (C=N–C) groups is 6. The third-order valence-corrected chi connectivity index (χ3v) is 11.3. The van der Waals surface area contributed by atoms with Crippen LogP contribution in [0.1, 0.15) is 38.5 Å². The number of nitrogens with zero attached hydrogens (tertiary/aromatic N) is 6. The monoisotopic (exact) mass is 834 g/mol. The minimum absolute atomic E-state index is 0.508. The smallest absolute Gasteiger partial charge is 0.146 e. The van der Waals surface area contributed by atoms with E-state index in [2.05, 4.69) is 48.0 Å². The Labute approximate surface area is 364 Å². The minimum atomic E-state index is -0.522. The lowest BCUT2D eigenvalue weighted by Gasteiger charge is -2.36. The fourth-order valence-corrected chi connectivity index (χ4v) is 8.18. The first-order valence-corrected chi connectivity index (χ1v) is 21.2. The summed E-state index contributed by atoms with van der Waals surface area (Å²) in [6.07, 6.45) is -0.0863. The van der Waals surface area contributed by atoms with Crippen LogP contribution in [0.3, 0.4) is 0 Å². The Morgan fingerprint density at radius 3 is 0.587 bits per heavy atom. The van der Waals surface area contributed by atoms with E-state index < -0.39 is 36.6 Å². The highest BCUT2D eigenvalue weighted by molar-refractivity contribution is 5.67. The van der Waals surface area contributed by atoms with Gasteiger partial charge in [0.15, 0.2) is 0 Å². The first kappa shape index (κ1) is 39.4. The molecule has 0 radical (unpaired) electrons. The van der Waals surface area contributed by atoms with Crippen LogP contribution in [0.15, 0.2) is 176 Å². The third kappa shape index (κ3) is 9.15. The molecule has 6 unspecified atom stereocenters. The highest BCUT2D eigenvalue weighted by atomic mass is 16.6. The standard InChI is InChI=1S/C51H42N6O6/c1-7-19-40-34(13-1)52-31-53-35-14-2-8-20-41(35)59-47-27-28-49-51(63-45-24-12-6-18-39(45)57-33-55-37-16-4-10-22-43(37)61-49)30-29-50-48(26-25-46(47)58-40)60-42-21-9-3-15-36(42)54-32-56-38-17-5-11-23-44(38)62-50/h1-24,46-51H,25-30H2. The molecule has 6 aromatic rings. The zero-order chi connectivity index (χ0) is 42.2. The van der Waals surface area contributed by atoms with Crippen molar-refractivity contribution in [2.24, 2.45) is 30.0 Å². The summed E-state index contributed by atoms with van der Waals surface area (Å²) in [5.41, 5.74) is 3.58. The van der Waals surface area contributed by atoms with Crippen LogP contribution >= 0.6 is 0 Å². The molecule has 1 fully saturated rings. The average Bonchev–Trinajstić information content (AvgIpc) is 3.38. The first-order valence-electron chi connectivity index (χ1n) is 21.2. The van der Waals surface area contributed by atoms with Crippen LogP contribution < -0.4 is 28.4 Å². The van der Waals surface area contributed by atoms with E-state index in [0.29, 0.717) is 107 Å². The molecule has 0 N–H and O–H groups in total. The molecule has 3 heterocycles. The molecule has 10 rings (SSSR count). The van der Waals surface area contributed by atoms with Crippen LogP contribution in [0.2, 0.25) is 0 Å². The van der Waals surface area contributed by atoms with Gasteiger partial charge in [0.1, 0.15) is 123 Å². The largest absolute Gasteiger partial charge is 0.484 e. The fourth-order valence-electron chi connectivity index (χ4n) is 8.18. The second kappa shape index (κ2) is 18.5. The van der Waals surface area contributed by atoms with Gasteiger partial charge in [0.2, 0.25) is 0 Å². The van der Waals surface area contributed by atoms with Crippen molar-refractivity contribution >= 4 is 52.1 Å². The van der Waals surface area contributed by atoms with Gasteiger partial charge in [-0.3, -0.25) is 0 Å². The minimum Gasteiger partial charge on any atom is -0.484 e. The van der Waals surface area contributed by atoms with Gasteiger partial charge in [-0.25, -0.2) is 0 Å². The normalized spacial score (nSPS) is 22.5. The van der Waals surface area contributed by atoms with Crippen LogP contribution in [0.25, 0.3) is 0 Å². The van der Waals surface area contributed by atoms with E-state index >= 15 is 0 Å². The number of benzene rings is 6. The van der Waals surface area contributed by atoms with Crippen molar-refractivity contribution < 1.29 is 28.4 Å². The molecule has 0 saturated heterocycles. The van der Waals surface area contributed by atoms with Crippen molar-refractivity contribution in [2.75, 3.05) is 0 Å². The molecule has 312 valence electrons. The number of hydrogen-bond donors (Lipinski definition) is 0. The van der Waals surface area contributed by atoms with Crippen LogP contribution in [0, 0.1) is 0 Å². The predicted molar refractivity (Wildman–Crippen MR) is 240 cm³/mol. The molecule has 0 bridgehead atoms. The van der Waals surface area contributed by atoms with Crippen LogP contribution in [0.4, 0.5) is 34.1 Å². The van der Waals surface area contributed by atoms with E-state index in [1.807, 2.05) is 146 Å². The highest BCUT2D eigenvalue weighted by Gasteiger charge is 2.38. The van der Waals surface area contributed by atoms with Crippen molar-refractivity contribution in [3.05, 3.63) is 146 Å². The molecule has 0 aromatic heterocycles. The van der Waals surface area contributed by atoms with E-state index in [0.717, 1.165) is 0 Å². The molecule has 6 aromatic carbocycles. The van der Waals surface area contributed by atoms with Crippen LogP contribution in [0.5, 0.6) is 34.5 Å². The molecule has 12 nitrogen and oxygen atoms in total. The summed E-state index contributed by atoms with van der Waals surface area (Å²) in [4.78, 5) is 27.6. The van der Waals surface area contributed by atoms with Gasteiger partial charge in [0, 0.05) is 0 Å². The van der Waals surface area contributed by atoms with Crippen LogP contribution in [-0.4, -0.2) is 54.6 Å². The SMILES string of the molecule is C1=Nc2ccccc2OC2CCC3Oc4ccccc4N=C=Nc4ccccc4OC3CCC3Oc4ccccc4N=C=Nc4ccccc4OC3CCC2Oc2ccccc2N=1. The molecule has 1 saturated carbocycles. The zero-order valence-corrected chi connectivity index (χ0v) is 34.2. The van der Waals surface area contributed by atoms with Gasteiger partial charge in [-0.15, -0.1) is 0 Å². The van der Waals surface area contributed by atoms with Crippen molar-refractivity contribution in [1.82, 2.24) is 0 Å². The molecule has 4 aliphatic rings. The van der Waals surface area contributed by atoms with Gasteiger partial charge >= 0.3 is 0 Å². The van der Waals surface area contributed by atoms with E-state index in [1.165, 1.54) is 0 Å². The fraction of sp³-hybridized carbons (Fsp3) is 0.235. The maximum absolute atomic E-state index is 7.07. The van der Waals surface area contributed by atoms with E-state index in [4.69, 9.17) is 28.4 Å². The van der Waals surface area contributed by atoms with Crippen LogP contribution in [-0.2, 0) is 0 Å². The highest BCUT2D eigenvalue weighted by Crippen LogP contribution is 2.40. The quantitative estimate of drug-likeness (QED) is 0.150. The maximum Gasteiger partial charge on any atom is 0.146 e. The number of hydrogen-bond acceptors (Lipinski definition) is 12. The lowest BCUT2D eigenvalue weighted by Crippen LogP contribution is -2.45. The third-order valence-electron chi connectivity index (χ3n) is 11.3. The van der Waals surface area contributed by atoms with Crippen molar-refractivity contribution in [2.45, 2.75) is 75.1 Å². The molecule has 1 aliphatic carbocycles. The summed E-state index contributed by atoms with van der Waals surface area (Å²) in [6.45, 7) is 0. The zero-order valence-electron chi connectivity index (χ0n) is 34.2. The summed E-state index contributed by atoms with van der Waals surface area (Å²) in [5.74, 6) is 3.47. The Bertz CT molecular complexity index is 2330. The van der Waals surface area contributed by atoms with Gasteiger partial charge in [-0.1, -0.05) is 72.8 Å². The van der Waals surface area contributed by atoms with Crippen molar-refractivity contribution in [3.8, 4) is 34.5 Å². The second-order valence-electron chi connectivity index (χ2n) is 15.4. The van der Waals surface area contributed by atoms with Crippen molar-refractivity contribution in [3.63, 3.8) is 0 Å². The van der Waals surface area contributed by atoms with Gasteiger partial charge in [0.25, 0.3) is 0 Å². The topological polar surface area (TPSA) is 130 Å². The number of para-hydroxylation sites is 12. The Balaban J connectivity index is 1.13. The number of ether oxygens (including phenoxy) is 6. The van der Waals surface area contributed by atoms with E-state index in [9.17, 15) is 0 Å². The predicted octanol–water partition coefficient (Wildman–Crippen LogP) is 12.4. The second-order valence-corrected chi connectivity index (χ2v) is 15.4. The summed E-state index contributed by atoms with van der Waals surface area (Å²) in [6, 6.07) is 54.5. The summed E-state index contributed by atoms with van der Waals surface area (Å²) < 4.78 is 42.4. The Morgan fingerprint density at radius 2 is 0.413 bits per heavy atom. The van der Waals surface area contributed by atoms with Crippen molar-refractivity contribution in [1.29, 1.82) is 0 Å². The molecule has 63 heavy (non-hydrogen) atoms. The molecular formula is C51H42N6O6. The molecule has 0 amide bonds. The van der Waals surface area contributed by atoms with E-state index in [-0.39, 0.29) is 0 Å². The number of fused-ring (bicyclic) bond motifs is 9. The first-order chi connectivity index (χ1) is 31.2. The molecular weight excluding hydrogens is 793 g/mol. The lowest BCUT2D eigenvalue weighted by atomic mass is 9.91. The number of rotatable bonds is 0. The summed E-state index contributed by atoms with van der Waals surface area (Å²) in [5, 5.41) is 0. The van der Waals surface area contributed by atoms with Gasteiger partial charge < -0.3 is 28.4 Å². The lowest BCUT2D eigenvalue weighted by molar-refractivity contribution is -0.0189. The Hall–Kier alpha value is -7.74. The molecule has 12 heteroatoms. The molecule has 3 aliphatic heterocycles. The van der Waals surface area contributed by atoms with Gasteiger partial charge in [0.05, 0.1) is 0 Å². The van der Waals surface area contributed by atoms with Gasteiger partial charge in [-0.05, 0) is 111 Å². The summed E-state index contributed by atoms with van der Waals surface area (Å²) in [7, 11) is 0. The maximum atomic E-state index is 7.07. The average molecular weight is 835 g/mol. The summed E-state index contributed by atoms with van der Waals surface area (Å²) >= 11 is 0. The molecule has 6 atom stereocenters. The van der Waals surface area contributed by atoms with E-state index in [1.54, 1.807) is 0 Å². The Kier molecular flexibility index (Phi) is 11.6.